The van der Waals surface area contributed by atoms with E-state index in [1.165, 1.54) is 5.56 Å². The van der Waals surface area contributed by atoms with Crippen LogP contribution >= 0.6 is 0 Å². The summed E-state index contributed by atoms with van der Waals surface area (Å²) in [7, 11) is 0. The molecule has 0 radical (unpaired) electrons. The van der Waals surface area contributed by atoms with Crippen molar-refractivity contribution in [1.82, 2.24) is 0 Å². The van der Waals surface area contributed by atoms with Gasteiger partial charge < -0.3 is 10.5 Å². The van der Waals surface area contributed by atoms with Gasteiger partial charge in [0, 0.05) is 12.1 Å². The van der Waals surface area contributed by atoms with E-state index in [9.17, 15) is 0 Å². The van der Waals surface area contributed by atoms with Crippen LogP contribution in [0.15, 0.2) is 42.5 Å². The lowest BCUT2D eigenvalue weighted by molar-refractivity contribution is 0.469. The Morgan fingerprint density at radius 3 is 2.40 bits per heavy atom. The molecule has 2 aromatic carbocycles. The molecule has 0 aromatic heterocycles. The fraction of sp³-hybridized carbons (Fsp3) is 0.333. The number of hydrogen-bond donors (Lipinski definition) is 1. The maximum atomic E-state index is 6.09. The highest BCUT2D eigenvalue weighted by molar-refractivity contribution is 5.44. The zero-order valence-electron chi connectivity index (χ0n) is 12.7. The molecule has 0 amide bonds. The van der Waals surface area contributed by atoms with Crippen molar-refractivity contribution in [1.29, 1.82) is 0 Å². The summed E-state index contributed by atoms with van der Waals surface area (Å²) in [6.45, 7) is 9.12. The van der Waals surface area contributed by atoms with Gasteiger partial charge in [-0.2, -0.15) is 0 Å². The summed E-state index contributed by atoms with van der Waals surface area (Å²) in [4.78, 5) is 0. The van der Waals surface area contributed by atoms with Crippen molar-refractivity contribution in [2.24, 2.45) is 5.73 Å². The molecular weight excluding hydrogens is 246 g/mol. The van der Waals surface area contributed by atoms with E-state index < -0.39 is 0 Å². The molecule has 2 nitrogen and oxygen atoms in total. The van der Waals surface area contributed by atoms with Crippen molar-refractivity contribution in [2.75, 3.05) is 0 Å². The maximum absolute atomic E-state index is 6.09. The van der Waals surface area contributed by atoms with E-state index in [2.05, 4.69) is 32.9 Å². The highest BCUT2D eigenvalue weighted by atomic mass is 16.5. The zero-order chi connectivity index (χ0) is 14.8. The van der Waals surface area contributed by atoms with Crippen LogP contribution in [0.5, 0.6) is 11.5 Å². The lowest BCUT2D eigenvalue weighted by atomic mass is 9.87. The molecule has 20 heavy (non-hydrogen) atoms. The van der Waals surface area contributed by atoms with Gasteiger partial charge in [0.05, 0.1) is 0 Å². The minimum Gasteiger partial charge on any atom is -0.457 e. The quantitative estimate of drug-likeness (QED) is 0.887. The molecule has 106 valence electrons. The number of hydrogen-bond acceptors (Lipinski definition) is 2. The first kappa shape index (κ1) is 14.6. The van der Waals surface area contributed by atoms with Crippen molar-refractivity contribution in [3.8, 4) is 11.5 Å². The van der Waals surface area contributed by atoms with Crippen molar-refractivity contribution < 1.29 is 4.74 Å². The monoisotopic (exact) mass is 269 g/mol. The molecule has 0 heterocycles. The Kier molecular flexibility index (Phi) is 4.15. The largest absolute Gasteiger partial charge is 0.457 e. The number of ether oxygens (including phenoxy) is 1. The van der Waals surface area contributed by atoms with Crippen molar-refractivity contribution in [3.05, 3.63) is 59.2 Å². The number of rotatable bonds is 3. The predicted molar refractivity (Wildman–Crippen MR) is 84.3 cm³/mol. The normalized spacial score (nSPS) is 11.4. The van der Waals surface area contributed by atoms with Crippen LogP contribution in [-0.2, 0) is 12.0 Å². The third-order valence-corrected chi connectivity index (χ3v) is 3.43. The minimum absolute atomic E-state index is 0.113. The first-order valence-corrected chi connectivity index (χ1v) is 6.99. The number of nitrogens with two attached hydrogens (primary N) is 1. The second-order valence-corrected chi connectivity index (χ2v) is 6.15. The van der Waals surface area contributed by atoms with Gasteiger partial charge in [0.25, 0.3) is 0 Å². The van der Waals surface area contributed by atoms with Crippen LogP contribution in [0.25, 0.3) is 0 Å². The zero-order valence-corrected chi connectivity index (χ0v) is 12.7. The lowest BCUT2D eigenvalue weighted by Gasteiger charge is -2.20. The van der Waals surface area contributed by atoms with Crippen LogP contribution < -0.4 is 10.5 Å². The summed E-state index contributed by atoms with van der Waals surface area (Å²) >= 11 is 0. The smallest absolute Gasteiger partial charge is 0.134 e. The number of aryl methyl sites for hydroxylation is 1. The van der Waals surface area contributed by atoms with Gasteiger partial charge in [-0.05, 0) is 35.6 Å². The van der Waals surface area contributed by atoms with Gasteiger partial charge in [-0.25, -0.2) is 0 Å². The average molecular weight is 269 g/mol. The number of para-hydroxylation sites is 1. The molecule has 2 rings (SSSR count). The van der Waals surface area contributed by atoms with Crippen LogP contribution in [0.4, 0.5) is 0 Å². The molecule has 0 aliphatic carbocycles. The van der Waals surface area contributed by atoms with Gasteiger partial charge >= 0.3 is 0 Å². The third kappa shape index (κ3) is 3.20. The van der Waals surface area contributed by atoms with Gasteiger partial charge in [-0.3, -0.25) is 0 Å². The van der Waals surface area contributed by atoms with Crippen molar-refractivity contribution >= 4 is 0 Å². The van der Waals surface area contributed by atoms with Crippen LogP contribution in [0.2, 0.25) is 0 Å². The Hall–Kier alpha value is -1.80. The molecule has 0 bridgehead atoms. The Bertz CT molecular complexity index is 597. The topological polar surface area (TPSA) is 35.2 Å². The van der Waals surface area contributed by atoms with E-state index in [1.54, 1.807) is 0 Å². The maximum Gasteiger partial charge on any atom is 0.134 e. The molecule has 2 aromatic rings. The fourth-order valence-corrected chi connectivity index (χ4v) is 2.16. The second-order valence-electron chi connectivity index (χ2n) is 6.15. The Balaban J connectivity index is 2.36. The average Bonchev–Trinajstić information content (AvgIpc) is 2.40. The van der Waals surface area contributed by atoms with Crippen molar-refractivity contribution in [3.63, 3.8) is 0 Å². The van der Waals surface area contributed by atoms with Gasteiger partial charge in [0.15, 0.2) is 0 Å². The van der Waals surface area contributed by atoms with Crippen LogP contribution in [0, 0.1) is 6.92 Å². The third-order valence-electron chi connectivity index (χ3n) is 3.43. The Labute approximate surface area is 121 Å². The van der Waals surface area contributed by atoms with Gasteiger partial charge in [0.1, 0.15) is 11.5 Å². The van der Waals surface area contributed by atoms with E-state index in [0.717, 1.165) is 22.6 Å². The van der Waals surface area contributed by atoms with E-state index in [-0.39, 0.29) is 5.41 Å². The standard InChI is InChI=1S/C18H23NO/c1-13-7-5-8-14(12-19)17(13)20-16-10-6-9-15(11-16)18(2,3)4/h5-11H,12,19H2,1-4H3. The second kappa shape index (κ2) is 5.68. The molecule has 0 aliphatic rings. The first-order chi connectivity index (χ1) is 9.41. The van der Waals surface area contributed by atoms with E-state index in [1.807, 2.05) is 37.3 Å². The molecule has 0 fully saturated rings. The van der Waals surface area contributed by atoms with E-state index >= 15 is 0 Å². The van der Waals surface area contributed by atoms with Gasteiger partial charge in [0.2, 0.25) is 0 Å². The highest BCUT2D eigenvalue weighted by Gasteiger charge is 2.15. The highest BCUT2D eigenvalue weighted by Crippen LogP contribution is 2.31. The molecule has 2 heteroatoms. The molecule has 0 atom stereocenters. The van der Waals surface area contributed by atoms with Crippen LogP contribution in [0.3, 0.4) is 0 Å². The van der Waals surface area contributed by atoms with Gasteiger partial charge in [-0.15, -0.1) is 0 Å². The molecule has 0 unspecified atom stereocenters. The minimum atomic E-state index is 0.113. The van der Waals surface area contributed by atoms with E-state index in [0.29, 0.717) is 6.54 Å². The van der Waals surface area contributed by atoms with Gasteiger partial charge in [-0.1, -0.05) is 51.1 Å². The van der Waals surface area contributed by atoms with Crippen LogP contribution in [0.1, 0.15) is 37.5 Å². The predicted octanol–water partition coefficient (Wildman–Crippen LogP) is 4.54. The molecule has 0 spiro atoms. The Morgan fingerprint density at radius 1 is 1.05 bits per heavy atom. The summed E-state index contributed by atoms with van der Waals surface area (Å²) in [6, 6.07) is 14.3. The SMILES string of the molecule is Cc1cccc(CN)c1Oc1cccc(C(C)(C)C)c1. The molecule has 0 saturated carbocycles. The molecule has 2 N–H and O–H groups in total. The summed E-state index contributed by atoms with van der Waals surface area (Å²) in [5.41, 5.74) is 9.31. The summed E-state index contributed by atoms with van der Waals surface area (Å²) in [6.07, 6.45) is 0. The number of benzene rings is 2. The summed E-state index contributed by atoms with van der Waals surface area (Å²) in [5.74, 6) is 1.74. The van der Waals surface area contributed by atoms with E-state index in [4.69, 9.17) is 10.5 Å². The molecule has 0 saturated heterocycles. The Morgan fingerprint density at radius 2 is 1.75 bits per heavy atom. The van der Waals surface area contributed by atoms with Crippen molar-refractivity contribution in [2.45, 2.75) is 39.7 Å². The van der Waals surface area contributed by atoms with Crippen LogP contribution in [-0.4, -0.2) is 0 Å². The summed E-state index contributed by atoms with van der Waals surface area (Å²) in [5, 5.41) is 0. The lowest BCUT2D eigenvalue weighted by Crippen LogP contribution is -2.10. The summed E-state index contributed by atoms with van der Waals surface area (Å²) < 4.78 is 6.09. The molecule has 0 aliphatic heterocycles. The fourth-order valence-electron chi connectivity index (χ4n) is 2.16. The molecular formula is C18H23NO. The first-order valence-electron chi connectivity index (χ1n) is 6.99.